The van der Waals surface area contributed by atoms with E-state index in [0.29, 0.717) is 18.0 Å². The van der Waals surface area contributed by atoms with Crippen LogP contribution in [0, 0.1) is 10.1 Å². The van der Waals surface area contributed by atoms with Crippen LogP contribution in [0.1, 0.15) is 0 Å². The van der Waals surface area contributed by atoms with E-state index in [-0.39, 0.29) is 23.8 Å². The van der Waals surface area contributed by atoms with Crippen molar-refractivity contribution in [1.29, 1.82) is 0 Å². The SMILES string of the molecule is Cl.NCCSc1cc(N)c([N+](=O)[O-])cc1N. The summed E-state index contributed by atoms with van der Waals surface area (Å²) in [5.74, 6) is 0.696. The maximum Gasteiger partial charge on any atom is 0.294 e. The first-order chi connectivity index (χ1) is 7.06. The van der Waals surface area contributed by atoms with Crippen molar-refractivity contribution in [2.24, 2.45) is 5.73 Å². The zero-order chi connectivity index (χ0) is 11.4. The minimum absolute atomic E-state index is 0. The average Bonchev–Trinajstić information content (AvgIpc) is 2.18. The number of halogens is 1. The summed E-state index contributed by atoms with van der Waals surface area (Å²) in [6.07, 6.45) is 0. The number of nitrogen functional groups attached to an aromatic ring is 2. The van der Waals surface area contributed by atoms with Crippen molar-refractivity contribution in [3.8, 4) is 0 Å². The van der Waals surface area contributed by atoms with Crippen molar-refractivity contribution in [3.05, 3.63) is 22.2 Å². The van der Waals surface area contributed by atoms with E-state index in [1.807, 2.05) is 0 Å². The third-order valence-corrected chi connectivity index (χ3v) is 2.84. The Bertz CT molecular complexity index is 389. The number of nitro groups is 1. The van der Waals surface area contributed by atoms with E-state index in [2.05, 4.69) is 0 Å². The van der Waals surface area contributed by atoms with Crippen LogP contribution < -0.4 is 17.2 Å². The van der Waals surface area contributed by atoms with Gasteiger partial charge in [-0.2, -0.15) is 0 Å². The maximum absolute atomic E-state index is 10.5. The number of anilines is 2. The van der Waals surface area contributed by atoms with Gasteiger partial charge in [0.05, 0.1) is 10.6 Å². The first-order valence-corrected chi connectivity index (χ1v) is 5.21. The normalized spacial score (nSPS) is 9.56. The zero-order valence-corrected chi connectivity index (χ0v) is 10.0. The molecule has 0 aliphatic carbocycles. The van der Waals surface area contributed by atoms with E-state index in [9.17, 15) is 10.1 Å². The summed E-state index contributed by atoms with van der Waals surface area (Å²) in [6.45, 7) is 0.515. The van der Waals surface area contributed by atoms with E-state index >= 15 is 0 Å². The number of hydrogen-bond donors (Lipinski definition) is 3. The van der Waals surface area contributed by atoms with Gasteiger partial charge in [-0.05, 0) is 6.07 Å². The smallest absolute Gasteiger partial charge is 0.294 e. The van der Waals surface area contributed by atoms with Crippen LogP contribution in [0.4, 0.5) is 17.1 Å². The van der Waals surface area contributed by atoms with E-state index in [4.69, 9.17) is 17.2 Å². The van der Waals surface area contributed by atoms with Gasteiger partial charge >= 0.3 is 0 Å². The molecule has 0 saturated heterocycles. The highest BCUT2D eigenvalue weighted by molar-refractivity contribution is 7.99. The molecule has 0 aromatic heterocycles. The van der Waals surface area contributed by atoms with E-state index in [1.165, 1.54) is 23.9 Å². The predicted molar refractivity (Wildman–Crippen MR) is 68.9 cm³/mol. The van der Waals surface area contributed by atoms with E-state index < -0.39 is 4.92 Å². The number of nitrogens with two attached hydrogens (primary N) is 3. The molecular formula is C8H13ClN4O2S. The second-order valence-electron chi connectivity index (χ2n) is 2.84. The lowest BCUT2D eigenvalue weighted by Crippen LogP contribution is -2.03. The molecule has 0 atom stereocenters. The Balaban J connectivity index is 0.00000225. The molecule has 6 N–H and O–H groups in total. The van der Waals surface area contributed by atoms with Crippen LogP contribution in [-0.4, -0.2) is 17.2 Å². The molecule has 0 bridgehead atoms. The Labute approximate surface area is 103 Å². The van der Waals surface area contributed by atoms with Crippen LogP contribution in [-0.2, 0) is 0 Å². The molecule has 0 unspecified atom stereocenters. The number of rotatable bonds is 4. The topological polar surface area (TPSA) is 121 Å². The molecule has 0 saturated carbocycles. The van der Waals surface area contributed by atoms with Gasteiger partial charge in [0.2, 0.25) is 0 Å². The molecule has 0 spiro atoms. The Morgan fingerprint density at radius 3 is 2.44 bits per heavy atom. The van der Waals surface area contributed by atoms with Crippen LogP contribution in [0.25, 0.3) is 0 Å². The minimum Gasteiger partial charge on any atom is -0.398 e. The van der Waals surface area contributed by atoms with Crippen molar-refractivity contribution >= 4 is 41.2 Å². The van der Waals surface area contributed by atoms with E-state index in [0.717, 1.165) is 4.90 Å². The first-order valence-electron chi connectivity index (χ1n) is 4.22. The van der Waals surface area contributed by atoms with Crippen LogP contribution in [0.5, 0.6) is 0 Å². The number of benzene rings is 1. The first kappa shape index (κ1) is 14.8. The third-order valence-electron chi connectivity index (χ3n) is 1.73. The van der Waals surface area contributed by atoms with Crippen LogP contribution >= 0.6 is 24.2 Å². The van der Waals surface area contributed by atoms with Crippen molar-refractivity contribution in [3.63, 3.8) is 0 Å². The second-order valence-corrected chi connectivity index (χ2v) is 3.98. The summed E-state index contributed by atoms with van der Waals surface area (Å²) >= 11 is 1.43. The van der Waals surface area contributed by atoms with Crippen LogP contribution in [0.2, 0.25) is 0 Å². The number of nitro benzene ring substituents is 1. The van der Waals surface area contributed by atoms with E-state index in [1.54, 1.807) is 0 Å². The largest absolute Gasteiger partial charge is 0.398 e. The van der Waals surface area contributed by atoms with Gasteiger partial charge in [0.15, 0.2) is 0 Å². The standard InChI is InChI=1S/C8H12N4O2S.ClH/c9-1-2-15-8-4-5(10)7(12(13)14)3-6(8)11;/h3-4H,1-2,9-11H2;1H. The molecule has 16 heavy (non-hydrogen) atoms. The van der Waals surface area contributed by atoms with Gasteiger partial charge in [0.25, 0.3) is 5.69 Å². The molecule has 1 rings (SSSR count). The summed E-state index contributed by atoms with van der Waals surface area (Å²) < 4.78 is 0. The van der Waals surface area contributed by atoms with Crippen molar-refractivity contribution in [2.75, 3.05) is 23.8 Å². The monoisotopic (exact) mass is 264 g/mol. The molecule has 0 radical (unpaired) electrons. The second kappa shape index (κ2) is 6.41. The molecule has 0 aliphatic heterocycles. The van der Waals surface area contributed by atoms with Gasteiger partial charge in [0.1, 0.15) is 5.69 Å². The third kappa shape index (κ3) is 3.44. The number of hydrogen-bond acceptors (Lipinski definition) is 6. The molecule has 8 heteroatoms. The highest BCUT2D eigenvalue weighted by Crippen LogP contribution is 2.33. The molecule has 6 nitrogen and oxygen atoms in total. The summed E-state index contributed by atoms with van der Waals surface area (Å²) in [5, 5.41) is 10.5. The van der Waals surface area contributed by atoms with Gasteiger partial charge in [-0.15, -0.1) is 24.2 Å². The molecular weight excluding hydrogens is 252 g/mol. The lowest BCUT2D eigenvalue weighted by atomic mass is 10.2. The summed E-state index contributed by atoms with van der Waals surface area (Å²) in [4.78, 5) is 10.7. The Kier molecular flexibility index (Phi) is 5.94. The Hall–Kier alpha value is -1.18. The van der Waals surface area contributed by atoms with Gasteiger partial charge < -0.3 is 17.2 Å². The summed E-state index contributed by atoms with van der Waals surface area (Å²) in [7, 11) is 0. The molecule has 0 aliphatic rings. The molecule has 1 aromatic carbocycles. The summed E-state index contributed by atoms with van der Waals surface area (Å²) in [5.41, 5.74) is 16.8. The maximum atomic E-state index is 10.5. The fourth-order valence-corrected chi connectivity index (χ4v) is 1.83. The lowest BCUT2D eigenvalue weighted by molar-refractivity contribution is -0.383. The number of thioether (sulfide) groups is 1. The van der Waals surface area contributed by atoms with Gasteiger partial charge in [0, 0.05) is 23.3 Å². The lowest BCUT2D eigenvalue weighted by Gasteiger charge is -2.06. The molecule has 0 heterocycles. The fraction of sp³-hybridized carbons (Fsp3) is 0.250. The fourth-order valence-electron chi connectivity index (χ4n) is 1.05. The quantitative estimate of drug-likeness (QED) is 0.325. The highest BCUT2D eigenvalue weighted by atomic mass is 35.5. The molecule has 0 amide bonds. The van der Waals surface area contributed by atoms with Crippen LogP contribution in [0.15, 0.2) is 17.0 Å². The molecule has 1 aromatic rings. The highest BCUT2D eigenvalue weighted by Gasteiger charge is 2.14. The number of nitrogens with zero attached hydrogens (tertiary/aromatic N) is 1. The minimum atomic E-state index is -0.553. The Morgan fingerprint density at radius 2 is 1.94 bits per heavy atom. The van der Waals surface area contributed by atoms with Crippen molar-refractivity contribution in [1.82, 2.24) is 0 Å². The Morgan fingerprint density at radius 1 is 1.31 bits per heavy atom. The van der Waals surface area contributed by atoms with Gasteiger partial charge in [-0.25, -0.2) is 0 Å². The van der Waals surface area contributed by atoms with Crippen LogP contribution in [0.3, 0.4) is 0 Å². The van der Waals surface area contributed by atoms with Gasteiger partial charge in [-0.1, -0.05) is 0 Å². The molecule has 90 valence electrons. The molecule has 0 fully saturated rings. The predicted octanol–water partition coefficient (Wildman–Crippen LogP) is 1.23. The van der Waals surface area contributed by atoms with Crippen molar-refractivity contribution in [2.45, 2.75) is 4.90 Å². The van der Waals surface area contributed by atoms with Gasteiger partial charge in [-0.3, -0.25) is 10.1 Å². The average molecular weight is 265 g/mol. The zero-order valence-electron chi connectivity index (χ0n) is 8.38. The van der Waals surface area contributed by atoms with Crippen molar-refractivity contribution < 1.29 is 4.92 Å². The summed E-state index contributed by atoms with van der Waals surface area (Å²) in [6, 6.07) is 2.78.